The first-order valence-corrected chi connectivity index (χ1v) is 10.4. The first-order valence-electron chi connectivity index (χ1n) is 8.97. The van der Waals surface area contributed by atoms with Crippen molar-refractivity contribution in [2.75, 3.05) is 13.1 Å². The number of aryl methyl sites for hydroxylation is 2. The lowest BCUT2D eigenvalue weighted by molar-refractivity contribution is -0.00805. The van der Waals surface area contributed by atoms with Gasteiger partial charge in [-0.15, -0.1) is 0 Å². The summed E-state index contributed by atoms with van der Waals surface area (Å²) in [5, 5.41) is 4.81. The van der Waals surface area contributed by atoms with Crippen LogP contribution >= 0.6 is 0 Å². The third kappa shape index (κ3) is 2.37. The average molecular weight is 389 g/mol. The molecule has 0 bridgehead atoms. The molecule has 1 N–H and O–H groups in total. The van der Waals surface area contributed by atoms with Gasteiger partial charge in [-0.1, -0.05) is 6.42 Å². The van der Waals surface area contributed by atoms with Gasteiger partial charge in [0.1, 0.15) is 17.2 Å². The Morgan fingerprint density at radius 1 is 1.26 bits per heavy atom. The highest BCUT2D eigenvalue weighted by Gasteiger charge is 2.51. The van der Waals surface area contributed by atoms with Gasteiger partial charge in [-0.05, 0) is 42.9 Å². The van der Waals surface area contributed by atoms with Crippen molar-refractivity contribution in [3.05, 3.63) is 29.8 Å². The largest absolute Gasteiger partial charge is 0.342 e. The topological polar surface area (TPSA) is 83.9 Å². The Morgan fingerprint density at radius 2 is 2.00 bits per heavy atom. The summed E-state index contributed by atoms with van der Waals surface area (Å²) >= 11 is 0. The number of aromatic amines is 1. The molecule has 2 fully saturated rings. The predicted octanol–water partition coefficient (Wildman–Crippen LogP) is 2.59. The number of aromatic nitrogens is 4. The van der Waals surface area contributed by atoms with E-state index < -0.39 is 15.8 Å². The molecule has 1 saturated heterocycles. The molecule has 2 aromatic heterocycles. The third-order valence-electron chi connectivity index (χ3n) is 5.92. The van der Waals surface area contributed by atoms with Crippen LogP contribution in [0.15, 0.2) is 23.5 Å². The van der Waals surface area contributed by atoms with E-state index in [-0.39, 0.29) is 16.0 Å². The maximum atomic E-state index is 14.5. The van der Waals surface area contributed by atoms with Crippen molar-refractivity contribution in [3.63, 3.8) is 0 Å². The highest BCUT2D eigenvalue weighted by atomic mass is 32.2. The second kappa shape index (κ2) is 5.39. The summed E-state index contributed by atoms with van der Waals surface area (Å²) in [6.07, 6.45) is 4.92. The molecule has 3 aromatic rings. The minimum Gasteiger partial charge on any atom is -0.342 e. The van der Waals surface area contributed by atoms with Crippen LogP contribution in [-0.2, 0) is 17.1 Å². The summed E-state index contributed by atoms with van der Waals surface area (Å²) in [4.78, 5) is 7.05. The van der Waals surface area contributed by atoms with Gasteiger partial charge in [0.2, 0.25) is 0 Å². The fraction of sp³-hybridized carbons (Fsp3) is 0.444. The molecular weight excluding hydrogens is 369 g/mol. The predicted molar refractivity (Wildman–Crippen MR) is 98.0 cm³/mol. The van der Waals surface area contributed by atoms with Crippen LogP contribution in [0.4, 0.5) is 4.39 Å². The van der Waals surface area contributed by atoms with Crippen LogP contribution in [0.1, 0.15) is 24.8 Å². The van der Waals surface area contributed by atoms with Gasteiger partial charge in [0.25, 0.3) is 10.0 Å². The van der Waals surface area contributed by atoms with E-state index in [0.29, 0.717) is 35.4 Å². The molecule has 7 nitrogen and oxygen atoms in total. The van der Waals surface area contributed by atoms with Gasteiger partial charge in [0.05, 0.1) is 5.52 Å². The van der Waals surface area contributed by atoms with Crippen LogP contribution in [0.25, 0.3) is 22.3 Å². The summed E-state index contributed by atoms with van der Waals surface area (Å²) in [7, 11) is -1.92. The van der Waals surface area contributed by atoms with E-state index in [1.165, 1.54) is 22.9 Å². The van der Waals surface area contributed by atoms with Gasteiger partial charge in [0, 0.05) is 31.1 Å². The fourth-order valence-corrected chi connectivity index (χ4v) is 5.92. The average Bonchev–Trinajstić information content (AvgIpc) is 3.11. The summed E-state index contributed by atoms with van der Waals surface area (Å²) in [5.41, 5.74) is 1.65. The molecule has 0 atom stereocenters. The van der Waals surface area contributed by atoms with Crippen LogP contribution in [0, 0.1) is 18.2 Å². The van der Waals surface area contributed by atoms with Gasteiger partial charge < -0.3 is 4.98 Å². The zero-order valence-electron chi connectivity index (χ0n) is 15.2. The maximum Gasteiger partial charge on any atom is 0.258 e. The van der Waals surface area contributed by atoms with Gasteiger partial charge in [-0.3, -0.25) is 4.68 Å². The summed E-state index contributed by atoms with van der Waals surface area (Å²) < 4.78 is 43.6. The first kappa shape index (κ1) is 16.9. The zero-order chi connectivity index (χ0) is 19.0. The Balaban J connectivity index is 1.62. The van der Waals surface area contributed by atoms with Crippen LogP contribution in [0.3, 0.4) is 0 Å². The quantitative estimate of drug-likeness (QED) is 0.746. The lowest BCUT2D eigenvalue weighted by Crippen LogP contribution is -2.61. The summed E-state index contributed by atoms with van der Waals surface area (Å²) in [5.74, 6) is -0.0389. The van der Waals surface area contributed by atoms with E-state index in [1.807, 2.05) is 0 Å². The van der Waals surface area contributed by atoms with Gasteiger partial charge in [-0.2, -0.15) is 9.40 Å². The second-order valence-electron chi connectivity index (χ2n) is 7.84. The van der Waals surface area contributed by atoms with Gasteiger partial charge in [-0.25, -0.2) is 17.8 Å². The third-order valence-corrected chi connectivity index (χ3v) is 7.63. The Labute approximate surface area is 156 Å². The number of sulfonamides is 1. The zero-order valence-corrected chi connectivity index (χ0v) is 16.0. The number of nitrogens with zero attached hydrogens (tertiary/aromatic N) is 4. The van der Waals surface area contributed by atoms with Crippen molar-refractivity contribution in [2.24, 2.45) is 12.5 Å². The maximum absolute atomic E-state index is 14.5. The molecule has 142 valence electrons. The number of hydrogen-bond donors (Lipinski definition) is 1. The highest BCUT2D eigenvalue weighted by Crippen LogP contribution is 2.49. The van der Waals surface area contributed by atoms with Crippen molar-refractivity contribution >= 4 is 20.9 Å². The Hall–Kier alpha value is -2.26. The van der Waals surface area contributed by atoms with Gasteiger partial charge in [0.15, 0.2) is 5.82 Å². The molecule has 1 aliphatic carbocycles. The van der Waals surface area contributed by atoms with Crippen LogP contribution < -0.4 is 0 Å². The molecular formula is C18H20FN5O2S. The van der Waals surface area contributed by atoms with Gasteiger partial charge >= 0.3 is 0 Å². The molecule has 9 heteroatoms. The Bertz CT molecular complexity index is 1170. The smallest absolute Gasteiger partial charge is 0.258 e. The number of H-pyrrole nitrogens is 1. The standard InChI is InChI=1S/C18H20FN5O2S/c1-11-6-13(19)16-12(15(11)17-20-10-23(2)22-17)7-14(21-16)27(25,26)24-8-18(9-24)4-3-5-18/h6-7,10,21H,3-5,8-9H2,1-2H3. The highest BCUT2D eigenvalue weighted by molar-refractivity contribution is 7.89. The number of nitrogens with one attached hydrogen (secondary N) is 1. The minimum absolute atomic E-state index is 0.0216. The lowest BCUT2D eigenvalue weighted by Gasteiger charge is -2.54. The van der Waals surface area contributed by atoms with E-state index >= 15 is 0 Å². The molecule has 5 rings (SSSR count). The SMILES string of the molecule is Cc1cc(F)c2[nH]c(S(=O)(=O)N3CC4(CCC4)C3)cc2c1-c1ncn(C)n1. The van der Waals surface area contributed by atoms with Crippen molar-refractivity contribution in [2.45, 2.75) is 31.2 Å². The van der Waals surface area contributed by atoms with Crippen molar-refractivity contribution in [3.8, 4) is 11.4 Å². The molecule has 2 aliphatic rings. The summed E-state index contributed by atoms with van der Waals surface area (Å²) in [6, 6.07) is 2.89. The lowest BCUT2D eigenvalue weighted by atomic mass is 9.65. The Kier molecular flexibility index (Phi) is 3.37. The van der Waals surface area contributed by atoms with Crippen LogP contribution in [0.5, 0.6) is 0 Å². The molecule has 0 amide bonds. The van der Waals surface area contributed by atoms with Crippen LogP contribution in [-0.4, -0.2) is 45.6 Å². The molecule has 0 unspecified atom stereocenters. The minimum atomic E-state index is -3.67. The molecule has 1 aromatic carbocycles. The normalized spacial score (nSPS) is 19.4. The number of halogens is 1. The Morgan fingerprint density at radius 3 is 2.59 bits per heavy atom. The van der Waals surface area contributed by atoms with Crippen molar-refractivity contribution < 1.29 is 12.8 Å². The molecule has 3 heterocycles. The number of hydrogen-bond acceptors (Lipinski definition) is 4. The number of fused-ring (bicyclic) bond motifs is 1. The van der Waals surface area contributed by atoms with E-state index in [1.54, 1.807) is 25.0 Å². The van der Waals surface area contributed by atoms with E-state index in [9.17, 15) is 12.8 Å². The van der Waals surface area contributed by atoms with Crippen LogP contribution in [0.2, 0.25) is 0 Å². The molecule has 1 aliphatic heterocycles. The van der Waals surface area contributed by atoms with E-state index in [4.69, 9.17) is 0 Å². The fourth-order valence-electron chi connectivity index (χ4n) is 4.26. The monoisotopic (exact) mass is 389 g/mol. The molecule has 27 heavy (non-hydrogen) atoms. The molecule has 1 saturated carbocycles. The summed E-state index contributed by atoms with van der Waals surface area (Å²) in [6.45, 7) is 2.88. The van der Waals surface area contributed by atoms with Crippen molar-refractivity contribution in [1.82, 2.24) is 24.1 Å². The number of benzene rings is 1. The molecule has 1 spiro atoms. The van der Waals surface area contributed by atoms with Crippen molar-refractivity contribution in [1.29, 1.82) is 0 Å². The first-order chi connectivity index (χ1) is 12.8. The number of rotatable bonds is 3. The van der Waals surface area contributed by atoms with E-state index in [0.717, 1.165) is 12.8 Å². The second-order valence-corrected chi connectivity index (χ2v) is 9.75. The van der Waals surface area contributed by atoms with E-state index in [2.05, 4.69) is 15.1 Å². The molecule has 0 radical (unpaired) electrons.